The largest absolute Gasteiger partial charge is 0.120 e. The zero-order valence-corrected chi connectivity index (χ0v) is 14.2. The molecule has 0 heterocycles. The first-order chi connectivity index (χ1) is 10.2. The van der Waals surface area contributed by atoms with Crippen LogP contribution in [0.25, 0.3) is 0 Å². The fourth-order valence-electron chi connectivity index (χ4n) is 3.06. The Morgan fingerprint density at radius 3 is 2.81 bits per heavy atom. The van der Waals surface area contributed by atoms with E-state index in [1.807, 2.05) is 6.08 Å². The van der Waals surface area contributed by atoms with Crippen molar-refractivity contribution in [2.75, 3.05) is 0 Å². The van der Waals surface area contributed by atoms with Crippen molar-refractivity contribution in [2.24, 2.45) is 11.8 Å². The molecule has 0 bridgehead atoms. The topological polar surface area (TPSA) is 0 Å². The van der Waals surface area contributed by atoms with Crippen LogP contribution in [0.15, 0.2) is 65.5 Å². The van der Waals surface area contributed by atoms with Gasteiger partial charge in [0.2, 0.25) is 0 Å². The molecule has 1 aliphatic rings. The van der Waals surface area contributed by atoms with Gasteiger partial charge in [-0.05, 0) is 67.4 Å². The minimum absolute atomic E-state index is 0.550. The Kier molecular flexibility index (Phi) is 7.87. The van der Waals surface area contributed by atoms with Crippen LogP contribution in [-0.4, -0.2) is 0 Å². The maximum atomic E-state index is 3.95. The quantitative estimate of drug-likeness (QED) is 0.350. The number of rotatable bonds is 8. The summed E-state index contributed by atoms with van der Waals surface area (Å²) >= 11 is 0. The SMILES string of the molecule is C=CCC(CCCC)C(C)/C(=C/C)C1=C(C)C=CC=C=C1. The van der Waals surface area contributed by atoms with Crippen LogP contribution in [-0.2, 0) is 0 Å². The Balaban J connectivity index is 3.04. The zero-order valence-electron chi connectivity index (χ0n) is 14.2. The number of unbranched alkanes of at least 4 members (excludes halogenated alkanes) is 1. The molecule has 0 aromatic carbocycles. The standard InChI is InChI=1S/C21H30/c1-6-9-15-19(13-7-2)18(5)20(8-3)21-16-12-10-11-14-17(21)4/h7-8,10-11,14,16,18-19H,2,6,9,13,15H2,1,3-5H3/b20-8-. The molecule has 0 saturated carbocycles. The molecular weight excluding hydrogens is 252 g/mol. The maximum Gasteiger partial charge on any atom is -0.0118 e. The summed E-state index contributed by atoms with van der Waals surface area (Å²) in [6, 6.07) is 0. The predicted molar refractivity (Wildman–Crippen MR) is 95.2 cm³/mol. The van der Waals surface area contributed by atoms with E-state index in [0.29, 0.717) is 11.8 Å². The Morgan fingerprint density at radius 2 is 2.19 bits per heavy atom. The molecule has 0 nitrogen and oxygen atoms in total. The van der Waals surface area contributed by atoms with Gasteiger partial charge in [-0.2, -0.15) is 0 Å². The summed E-state index contributed by atoms with van der Waals surface area (Å²) in [5, 5.41) is 0. The highest BCUT2D eigenvalue weighted by molar-refractivity contribution is 5.49. The van der Waals surface area contributed by atoms with Crippen LogP contribution in [0, 0.1) is 11.8 Å². The molecule has 0 aromatic heterocycles. The first-order valence-electron chi connectivity index (χ1n) is 8.23. The maximum absolute atomic E-state index is 3.95. The van der Waals surface area contributed by atoms with Crippen LogP contribution in [0.2, 0.25) is 0 Å². The van der Waals surface area contributed by atoms with Crippen LogP contribution >= 0.6 is 0 Å². The van der Waals surface area contributed by atoms with E-state index in [1.165, 1.54) is 36.0 Å². The Labute approximate surface area is 131 Å². The first-order valence-corrected chi connectivity index (χ1v) is 8.23. The molecule has 0 fully saturated rings. The van der Waals surface area contributed by atoms with Gasteiger partial charge in [0.15, 0.2) is 0 Å². The van der Waals surface area contributed by atoms with Crippen LogP contribution < -0.4 is 0 Å². The highest BCUT2D eigenvalue weighted by Crippen LogP contribution is 2.34. The molecule has 114 valence electrons. The second-order valence-electron chi connectivity index (χ2n) is 5.89. The Morgan fingerprint density at radius 1 is 1.43 bits per heavy atom. The van der Waals surface area contributed by atoms with Gasteiger partial charge in [0, 0.05) is 0 Å². The fraction of sp³-hybridized carbons (Fsp3) is 0.476. The third kappa shape index (κ3) is 5.06. The smallest absolute Gasteiger partial charge is 0.0118 e. The molecule has 1 aliphatic carbocycles. The van der Waals surface area contributed by atoms with Gasteiger partial charge in [-0.3, -0.25) is 0 Å². The summed E-state index contributed by atoms with van der Waals surface area (Å²) in [4.78, 5) is 0. The van der Waals surface area contributed by atoms with E-state index in [0.717, 1.165) is 6.42 Å². The van der Waals surface area contributed by atoms with Gasteiger partial charge < -0.3 is 0 Å². The number of allylic oxidation sites excluding steroid dienone is 8. The van der Waals surface area contributed by atoms with Gasteiger partial charge >= 0.3 is 0 Å². The molecule has 0 aliphatic heterocycles. The second kappa shape index (κ2) is 9.42. The van der Waals surface area contributed by atoms with E-state index in [4.69, 9.17) is 0 Å². The lowest BCUT2D eigenvalue weighted by Crippen LogP contribution is -2.15. The van der Waals surface area contributed by atoms with E-state index in [-0.39, 0.29) is 0 Å². The monoisotopic (exact) mass is 282 g/mol. The Hall–Kier alpha value is -1.52. The zero-order chi connectivity index (χ0) is 15.7. The summed E-state index contributed by atoms with van der Waals surface area (Å²) in [6.07, 6.45) is 17.6. The summed E-state index contributed by atoms with van der Waals surface area (Å²) in [6.45, 7) is 12.9. The van der Waals surface area contributed by atoms with Gasteiger partial charge in [-0.1, -0.05) is 51.0 Å². The number of hydrogen-bond donors (Lipinski definition) is 0. The molecule has 0 saturated heterocycles. The van der Waals surface area contributed by atoms with E-state index < -0.39 is 0 Å². The molecule has 0 amide bonds. The second-order valence-corrected chi connectivity index (χ2v) is 5.89. The molecule has 0 N–H and O–H groups in total. The Bertz CT molecular complexity index is 490. The molecule has 1 rings (SSSR count). The first kappa shape index (κ1) is 17.5. The van der Waals surface area contributed by atoms with Gasteiger partial charge in [-0.15, -0.1) is 12.3 Å². The molecule has 21 heavy (non-hydrogen) atoms. The fourth-order valence-corrected chi connectivity index (χ4v) is 3.06. The molecule has 0 heteroatoms. The lowest BCUT2D eigenvalue weighted by Gasteiger charge is -2.27. The van der Waals surface area contributed by atoms with Crippen LogP contribution in [0.1, 0.15) is 53.4 Å². The molecule has 0 spiro atoms. The average Bonchev–Trinajstić information content (AvgIpc) is 2.69. The van der Waals surface area contributed by atoms with E-state index in [1.54, 1.807) is 0 Å². The highest BCUT2D eigenvalue weighted by Gasteiger charge is 2.21. The predicted octanol–water partition coefficient (Wildman–Crippen LogP) is 6.55. The highest BCUT2D eigenvalue weighted by atomic mass is 14.3. The van der Waals surface area contributed by atoms with E-state index >= 15 is 0 Å². The van der Waals surface area contributed by atoms with Crippen molar-refractivity contribution in [3.8, 4) is 0 Å². The van der Waals surface area contributed by atoms with Gasteiger partial charge in [0.1, 0.15) is 0 Å². The summed E-state index contributed by atoms with van der Waals surface area (Å²) in [5.74, 6) is 1.23. The van der Waals surface area contributed by atoms with Crippen molar-refractivity contribution >= 4 is 0 Å². The molecule has 2 unspecified atom stereocenters. The average molecular weight is 282 g/mol. The number of hydrogen-bond acceptors (Lipinski definition) is 0. The normalized spacial score (nSPS) is 17.8. The van der Waals surface area contributed by atoms with E-state index in [2.05, 4.69) is 70.4 Å². The molecule has 0 radical (unpaired) electrons. The minimum atomic E-state index is 0.550. The van der Waals surface area contributed by atoms with E-state index in [9.17, 15) is 0 Å². The van der Waals surface area contributed by atoms with Gasteiger partial charge in [-0.25, -0.2) is 0 Å². The lowest BCUT2D eigenvalue weighted by molar-refractivity contribution is 0.372. The summed E-state index contributed by atoms with van der Waals surface area (Å²) < 4.78 is 0. The summed E-state index contributed by atoms with van der Waals surface area (Å²) in [5.41, 5.74) is 7.36. The molecule has 0 aromatic rings. The molecular formula is C21H30. The van der Waals surface area contributed by atoms with Crippen LogP contribution in [0.3, 0.4) is 0 Å². The summed E-state index contributed by atoms with van der Waals surface area (Å²) in [7, 11) is 0. The van der Waals surface area contributed by atoms with Crippen molar-refractivity contribution in [1.82, 2.24) is 0 Å². The third-order valence-corrected chi connectivity index (χ3v) is 4.41. The van der Waals surface area contributed by atoms with Gasteiger partial charge in [0.05, 0.1) is 0 Å². The van der Waals surface area contributed by atoms with Crippen LogP contribution in [0.4, 0.5) is 0 Å². The van der Waals surface area contributed by atoms with Crippen molar-refractivity contribution in [2.45, 2.75) is 53.4 Å². The van der Waals surface area contributed by atoms with Crippen molar-refractivity contribution in [3.05, 3.63) is 65.5 Å². The lowest BCUT2D eigenvalue weighted by atomic mass is 9.78. The molecule has 2 atom stereocenters. The van der Waals surface area contributed by atoms with Gasteiger partial charge in [0.25, 0.3) is 0 Å². The van der Waals surface area contributed by atoms with Crippen molar-refractivity contribution < 1.29 is 0 Å². The van der Waals surface area contributed by atoms with Crippen molar-refractivity contribution in [1.29, 1.82) is 0 Å². The van der Waals surface area contributed by atoms with Crippen molar-refractivity contribution in [3.63, 3.8) is 0 Å². The third-order valence-electron chi connectivity index (χ3n) is 4.41. The van der Waals surface area contributed by atoms with Crippen LogP contribution in [0.5, 0.6) is 0 Å². The minimum Gasteiger partial charge on any atom is -0.120 e.